The molecule has 0 atom stereocenters. The van der Waals surface area contributed by atoms with Crippen molar-refractivity contribution in [3.05, 3.63) is 48.8 Å². The molecule has 6 nitrogen and oxygen atoms in total. The molecule has 0 saturated heterocycles. The van der Waals surface area contributed by atoms with Gasteiger partial charge in [-0.25, -0.2) is 0 Å². The molecule has 3 N–H and O–H groups in total. The molecule has 0 radical (unpaired) electrons. The summed E-state index contributed by atoms with van der Waals surface area (Å²) in [6, 6.07) is 11.0. The number of nitrogens with zero attached hydrogens (tertiary/aromatic N) is 3. The Morgan fingerprint density at radius 2 is 2.10 bits per heavy atom. The first-order valence-electron chi connectivity index (χ1n) is 6.16. The summed E-state index contributed by atoms with van der Waals surface area (Å²) in [4.78, 5) is 6.79. The molecular weight excluding hydrogens is 286 g/mol. The van der Waals surface area contributed by atoms with E-state index in [1.54, 1.807) is 18.5 Å². The minimum Gasteiger partial charge on any atom is -0.493 e. The minimum atomic E-state index is -0.0378. The van der Waals surface area contributed by atoms with E-state index in [2.05, 4.69) is 25.5 Å². The van der Waals surface area contributed by atoms with Gasteiger partial charge in [0.25, 0.3) is 0 Å². The Balaban J connectivity index is 1.81. The standard InChI is InChI=1S/C14H11N5OS/c20-13-12(10-5-1-2-6-11(10)17-13)18-19-14(21)16-9-4-3-7-15-8-9/h1-8,17,20H,(H,16,21). The van der Waals surface area contributed by atoms with Gasteiger partial charge in [0.1, 0.15) is 0 Å². The summed E-state index contributed by atoms with van der Waals surface area (Å²) in [6.45, 7) is 0. The third kappa shape index (κ3) is 2.87. The smallest absolute Gasteiger partial charge is 0.218 e. The number of H-pyrrole nitrogens is 1. The van der Waals surface area contributed by atoms with Crippen LogP contribution in [0.5, 0.6) is 5.88 Å². The molecule has 0 aliphatic rings. The Bertz CT molecular complexity index is 813. The summed E-state index contributed by atoms with van der Waals surface area (Å²) in [7, 11) is 0. The largest absolute Gasteiger partial charge is 0.493 e. The van der Waals surface area contributed by atoms with E-state index in [1.807, 2.05) is 30.3 Å². The number of thiocarbonyl (C=S) groups is 1. The maximum absolute atomic E-state index is 9.85. The van der Waals surface area contributed by atoms with E-state index in [1.165, 1.54) is 0 Å². The topological polar surface area (TPSA) is 85.7 Å². The number of aromatic nitrogens is 2. The number of aromatic amines is 1. The van der Waals surface area contributed by atoms with Crippen LogP contribution in [-0.2, 0) is 0 Å². The molecule has 0 aliphatic heterocycles. The third-order valence-electron chi connectivity index (χ3n) is 2.81. The van der Waals surface area contributed by atoms with Crippen molar-refractivity contribution < 1.29 is 5.11 Å². The molecule has 0 saturated carbocycles. The van der Waals surface area contributed by atoms with Crippen molar-refractivity contribution in [1.29, 1.82) is 0 Å². The Hall–Kier alpha value is -2.80. The van der Waals surface area contributed by atoms with Crippen molar-refractivity contribution in [2.24, 2.45) is 10.2 Å². The Labute approximate surface area is 125 Å². The van der Waals surface area contributed by atoms with Gasteiger partial charge in [-0.15, -0.1) is 10.2 Å². The summed E-state index contributed by atoms with van der Waals surface area (Å²) in [5.74, 6) is -0.0378. The monoisotopic (exact) mass is 297 g/mol. The molecule has 0 spiro atoms. The van der Waals surface area contributed by atoms with Gasteiger partial charge in [0.05, 0.1) is 17.4 Å². The number of fused-ring (bicyclic) bond motifs is 1. The van der Waals surface area contributed by atoms with Gasteiger partial charge in [-0.3, -0.25) is 4.98 Å². The molecule has 2 heterocycles. The number of para-hydroxylation sites is 1. The summed E-state index contributed by atoms with van der Waals surface area (Å²) in [6.07, 6.45) is 3.30. The lowest BCUT2D eigenvalue weighted by molar-refractivity contribution is 0.459. The van der Waals surface area contributed by atoms with Crippen molar-refractivity contribution in [1.82, 2.24) is 9.97 Å². The molecule has 0 aliphatic carbocycles. The summed E-state index contributed by atoms with van der Waals surface area (Å²) in [5.41, 5.74) is 1.88. The van der Waals surface area contributed by atoms with E-state index in [4.69, 9.17) is 12.2 Å². The molecule has 0 bridgehead atoms. The van der Waals surface area contributed by atoms with Gasteiger partial charge in [0.15, 0.2) is 5.69 Å². The second-order valence-corrected chi connectivity index (χ2v) is 4.63. The number of azo groups is 1. The predicted molar refractivity (Wildman–Crippen MR) is 84.9 cm³/mol. The minimum absolute atomic E-state index is 0.0378. The maximum atomic E-state index is 9.85. The molecule has 0 unspecified atom stereocenters. The van der Waals surface area contributed by atoms with E-state index < -0.39 is 0 Å². The lowest BCUT2D eigenvalue weighted by Gasteiger charge is -2.00. The van der Waals surface area contributed by atoms with Crippen LogP contribution >= 0.6 is 12.2 Å². The van der Waals surface area contributed by atoms with Gasteiger partial charge in [-0.05, 0) is 30.4 Å². The molecular formula is C14H11N5OS. The average Bonchev–Trinajstić information content (AvgIpc) is 2.81. The van der Waals surface area contributed by atoms with E-state index in [-0.39, 0.29) is 11.0 Å². The third-order valence-corrected chi connectivity index (χ3v) is 3.00. The molecule has 3 aromatic rings. The fourth-order valence-electron chi connectivity index (χ4n) is 1.89. The predicted octanol–water partition coefficient (Wildman–Crippen LogP) is 3.75. The quantitative estimate of drug-likeness (QED) is 0.496. The second kappa shape index (κ2) is 5.68. The highest BCUT2D eigenvalue weighted by molar-refractivity contribution is 7.80. The molecule has 0 fully saturated rings. The number of benzene rings is 1. The van der Waals surface area contributed by atoms with Gasteiger partial charge in [-0.1, -0.05) is 18.2 Å². The van der Waals surface area contributed by atoms with Crippen LogP contribution in [0.3, 0.4) is 0 Å². The first kappa shape index (κ1) is 13.2. The Morgan fingerprint density at radius 1 is 1.24 bits per heavy atom. The van der Waals surface area contributed by atoms with Gasteiger partial charge >= 0.3 is 0 Å². The number of hydrogen-bond donors (Lipinski definition) is 3. The highest BCUT2D eigenvalue weighted by Gasteiger charge is 2.09. The number of aromatic hydroxyl groups is 1. The van der Waals surface area contributed by atoms with Crippen molar-refractivity contribution in [2.45, 2.75) is 0 Å². The number of rotatable bonds is 2. The molecule has 2 aromatic heterocycles. The van der Waals surface area contributed by atoms with Gasteiger partial charge in [0.2, 0.25) is 11.0 Å². The van der Waals surface area contributed by atoms with E-state index in [9.17, 15) is 5.11 Å². The number of pyridine rings is 1. The fraction of sp³-hybridized carbons (Fsp3) is 0. The number of anilines is 1. The van der Waals surface area contributed by atoms with Crippen LogP contribution in [0.4, 0.5) is 11.4 Å². The molecule has 1 aromatic carbocycles. The molecule has 3 rings (SSSR count). The van der Waals surface area contributed by atoms with Crippen molar-refractivity contribution >= 4 is 39.6 Å². The van der Waals surface area contributed by atoms with Crippen LogP contribution in [-0.4, -0.2) is 20.2 Å². The summed E-state index contributed by atoms with van der Waals surface area (Å²) in [5, 5.41) is 21.6. The van der Waals surface area contributed by atoms with Crippen molar-refractivity contribution in [3.8, 4) is 5.88 Å². The van der Waals surface area contributed by atoms with Crippen LogP contribution in [0, 0.1) is 0 Å². The lowest BCUT2D eigenvalue weighted by Crippen LogP contribution is -2.04. The summed E-state index contributed by atoms with van der Waals surface area (Å²) < 4.78 is 0. The highest BCUT2D eigenvalue weighted by Crippen LogP contribution is 2.35. The van der Waals surface area contributed by atoms with Crippen LogP contribution < -0.4 is 5.32 Å². The van der Waals surface area contributed by atoms with Crippen LogP contribution in [0.15, 0.2) is 59.0 Å². The zero-order chi connectivity index (χ0) is 14.7. The van der Waals surface area contributed by atoms with Crippen molar-refractivity contribution in [3.63, 3.8) is 0 Å². The molecule has 7 heteroatoms. The lowest BCUT2D eigenvalue weighted by atomic mass is 10.2. The number of nitrogens with one attached hydrogen (secondary N) is 2. The Kier molecular flexibility index (Phi) is 3.57. The zero-order valence-electron chi connectivity index (χ0n) is 10.8. The number of hydrogen-bond acceptors (Lipinski definition) is 4. The SMILES string of the molecule is Oc1[nH]c2ccccc2c1N=NC(=S)Nc1cccnc1. The molecule has 0 amide bonds. The van der Waals surface area contributed by atoms with Crippen LogP contribution in [0.1, 0.15) is 0 Å². The van der Waals surface area contributed by atoms with Crippen LogP contribution in [0.25, 0.3) is 10.9 Å². The maximum Gasteiger partial charge on any atom is 0.218 e. The first-order valence-corrected chi connectivity index (χ1v) is 6.57. The summed E-state index contributed by atoms with van der Waals surface area (Å²) >= 11 is 5.08. The van der Waals surface area contributed by atoms with Gasteiger partial charge < -0.3 is 15.4 Å². The van der Waals surface area contributed by atoms with E-state index >= 15 is 0 Å². The van der Waals surface area contributed by atoms with Crippen LogP contribution in [0.2, 0.25) is 0 Å². The van der Waals surface area contributed by atoms with E-state index in [0.29, 0.717) is 5.69 Å². The van der Waals surface area contributed by atoms with E-state index in [0.717, 1.165) is 16.6 Å². The molecule has 21 heavy (non-hydrogen) atoms. The normalized spacial score (nSPS) is 11.0. The second-order valence-electron chi connectivity index (χ2n) is 4.24. The Morgan fingerprint density at radius 3 is 2.90 bits per heavy atom. The highest BCUT2D eigenvalue weighted by atomic mass is 32.1. The first-order chi connectivity index (χ1) is 10.2. The average molecular weight is 297 g/mol. The van der Waals surface area contributed by atoms with Gasteiger partial charge in [-0.2, -0.15) is 0 Å². The van der Waals surface area contributed by atoms with Gasteiger partial charge in [0, 0.05) is 11.6 Å². The fourth-order valence-corrected chi connectivity index (χ4v) is 2.05. The zero-order valence-corrected chi connectivity index (χ0v) is 11.6. The van der Waals surface area contributed by atoms with Crippen molar-refractivity contribution in [2.75, 3.05) is 5.32 Å². The molecule has 104 valence electrons.